The van der Waals surface area contributed by atoms with Gasteiger partial charge in [0.05, 0.1) is 0 Å². The second kappa shape index (κ2) is 11.3. The summed E-state index contributed by atoms with van der Waals surface area (Å²) in [5, 5.41) is 7.20. The molecule has 0 aliphatic rings. The Morgan fingerprint density at radius 3 is 2.54 bits per heavy atom. The Kier molecular flexibility index (Phi) is 9.71. The molecule has 4 nitrogen and oxygen atoms in total. The zero-order valence-corrected chi connectivity index (χ0v) is 17.1. The van der Waals surface area contributed by atoms with Crippen LogP contribution in [0.3, 0.4) is 0 Å². The number of nitrogens with zero attached hydrogens (tertiary/aromatic N) is 2. The van der Waals surface area contributed by atoms with Crippen molar-refractivity contribution in [3.8, 4) is 0 Å². The van der Waals surface area contributed by atoms with Gasteiger partial charge in [-0.15, -0.1) is 24.0 Å². The van der Waals surface area contributed by atoms with E-state index in [4.69, 9.17) is 11.6 Å². The Morgan fingerprint density at radius 2 is 1.92 bits per heavy atom. The average Bonchev–Trinajstić information content (AvgIpc) is 2.60. The monoisotopic (exact) mass is 458 g/mol. The number of hydrogen-bond donors (Lipinski definition) is 2. The molecular weight excluding hydrogens is 435 g/mol. The Balaban J connectivity index is 0.00000288. The number of benzene rings is 1. The van der Waals surface area contributed by atoms with E-state index < -0.39 is 0 Å². The van der Waals surface area contributed by atoms with Gasteiger partial charge in [0.2, 0.25) is 0 Å². The Labute approximate surface area is 166 Å². The first-order chi connectivity index (χ1) is 11.2. The molecule has 0 amide bonds. The van der Waals surface area contributed by atoms with Crippen molar-refractivity contribution in [2.75, 3.05) is 20.1 Å². The summed E-state index contributed by atoms with van der Waals surface area (Å²) in [5.74, 6) is 1.24. The summed E-state index contributed by atoms with van der Waals surface area (Å²) in [7, 11) is 1.78. The third-order valence-electron chi connectivity index (χ3n) is 3.66. The zero-order valence-electron chi connectivity index (χ0n) is 14.0. The topological polar surface area (TPSA) is 49.3 Å². The van der Waals surface area contributed by atoms with Gasteiger partial charge in [-0.2, -0.15) is 0 Å². The summed E-state index contributed by atoms with van der Waals surface area (Å²) in [5.41, 5.74) is 2.47. The van der Waals surface area contributed by atoms with E-state index in [-0.39, 0.29) is 24.0 Å². The third kappa shape index (κ3) is 7.05. The van der Waals surface area contributed by atoms with Crippen LogP contribution in [0.5, 0.6) is 0 Å². The van der Waals surface area contributed by atoms with Crippen molar-refractivity contribution in [3.63, 3.8) is 0 Å². The summed E-state index contributed by atoms with van der Waals surface area (Å²) >= 11 is 5.78. The first-order valence-electron chi connectivity index (χ1n) is 7.79. The van der Waals surface area contributed by atoms with E-state index in [9.17, 15) is 0 Å². The van der Waals surface area contributed by atoms with Crippen molar-refractivity contribution in [2.24, 2.45) is 4.99 Å². The lowest BCUT2D eigenvalue weighted by Crippen LogP contribution is -2.39. The minimum absolute atomic E-state index is 0. The van der Waals surface area contributed by atoms with Gasteiger partial charge in [0.1, 0.15) is 5.15 Å². The number of pyridine rings is 1. The fourth-order valence-corrected chi connectivity index (χ4v) is 2.36. The number of hydrogen-bond acceptors (Lipinski definition) is 2. The van der Waals surface area contributed by atoms with Crippen molar-refractivity contribution in [3.05, 3.63) is 64.9 Å². The van der Waals surface area contributed by atoms with Crippen molar-refractivity contribution in [1.82, 2.24) is 15.6 Å². The molecule has 0 saturated carbocycles. The molecule has 0 fully saturated rings. The zero-order chi connectivity index (χ0) is 16.5. The van der Waals surface area contributed by atoms with Gasteiger partial charge >= 0.3 is 0 Å². The highest BCUT2D eigenvalue weighted by atomic mass is 127. The van der Waals surface area contributed by atoms with Gasteiger partial charge in [-0.1, -0.05) is 54.9 Å². The van der Waals surface area contributed by atoms with Gasteiger partial charge in [-0.3, -0.25) is 4.99 Å². The van der Waals surface area contributed by atoms with Crippen LogP contribution < -0.4 is 10.6 Å². The molecule has 0 aliphatic heterocycles. The van der Waals surface area contributed by atoms with E-state index in [1.807, 2.05) is 18.2 Å². The molecule has 2 N–H and O–H groups in total. The van der Waals surface area contributed by atoms with Crippen LogP contribution in [-0.4, -0.2) is 31.1 Å². The minimum atomic E-state index is 0. The first kappa shape index (κ1) is 20.7. The summed E-state index contributed by atoms with van der Waals surface area (Å²) < 4.78 is 0. The molecule has 1 heterocycles. The molecule has 1 aromatic carbocycles. The highest BCUT2D eigenvalue weighted by Gasteiger charge is 2.06. The van der Waals surface area contributed by atoms with Crippen LogP contribution in [0.25, 0.3) is 0 Å². The molecule has 130 valence electrons. The van der Waals surface area contributed by atoms with Crippen molar-refractivity contribution < 1.29 is 0 Å². The van der Waals surface area contributed by atoms with Crippen LogP contribution in [0.15, 0.2) is 53.7 Å². The molecule has 1 unspecified atom stereocenters. The lowest BCUT2D eigenvalue weighted by atomic mass is 10.0. The van der Waals surface area contributed by atoms with Crippen LogP contribution in [0.1, 0.15) is 24.0 Å². The van der Waals surface area contributed by atoms with E-state index in [2.05, 4.69) is 51.8 Å². The highest BCUT2D eigenvalue weighted by Crippen LogP contribution is 2.12. The van der Waals surface area contributed by atoms with Gasteiger partial charge in [-0.25, -0.2) is 4.98 Å². The van der Waals surface area contributed by atoms with E-state index in [0.717, 1.165) is 31.0 Å². The number of rotatable bonds is 6. The van der Waals surface area contributed by atoms with Gasteiger partial charge in [0.15, 0.2) is 5.96 Å². The van der Waals surface area contributed by atoms with E-state index >= 15 is 0 Å². The average molecular weight is 459 g/mol. The maximum Gasteiger partial charge on any atom is 0.191 e. The lowest BCUT2D eigenvalue weighted by molar-refractivity contribution is 0.697. The molecule has 2 aromatic rings. The van der Waals surface area contributed by atoms with Crippen LogP contribution in [-0.2, 0) is 6.42 Å². The second-order valence-electron chi connectivity index (χ2n) is 5.43. The minimum Gasteiger partial charge on any atom is -0.356 e. The SMILES string of the molecule is CN=C(NCCc1ccc(Cl)nc1)NCC(C)c1ccccc1.I. The fourth-order valence-electron chi connectivity index (χ4n) is 2.25. The lowest BCUT2D eigenvalue weighted by Gasteiger charge is -2.16. The molecule has 0 bridgehead atoms. The molecule has 6 heteroatoms. The molecule has 0 spiro atoms. The largest absolute Gasteiger partial charge is 0.356 e. The van der Waals surface area contributed by atoms with Crippen LogP contribution in [0.2, 0.25) is 5.15 Å². The maximum absolute atomic E-state index is 5.78. The molecule has 24 heavy (non-hydrogen) atoms. The van der Waals surface area contributed by atoms with Crippen molar-refractivity contribution in [2.45, 2.75) is 19.3 Å². The first-order valence-corrected chi connectivity index (χ1v) is 8.16. The normalized spacial score (nSPS) is 12.2. The molecular formula is C18H24ClIN4. The van der Waals surface area contributed by atoms with Crippen LogP contribution >= 0.6 is 35.6 Å². The standard InChI is InChI=1S/C18H23ClN4.HI/c1-14(16-6-4-3-5-7-16)12-23-18(20-2)21-11-10-15-8-9-17(19)22-13-15;/h3-9,13-14H,10-12H2,1-2H3,(H2,20,21,23);1H. The number of nitrogens with one attached hydrogen (secondary N) is 2. The summed E-state index contributed by atoms with van der Waals surface area (Å²) in [6.45, 7) is 3.84. The molecule has 1 atom stereocenters. The Bertz CT molecular complexity index is 617. The van der Waals surface area contributed by atoms with Crippen LogP contribution in [0, 0.1) is 0 Å². The summed E-state index contributed by atoms with van der Waals surface area (Å²) in [4.78, 5) is 8.34. The third-order valence-corrected chi connectivity index (χ3v) is 3.89. The molecule has 0 radical (unpaired) electrons. The number of aliphatic imine (C=N–C) groups is 1. The van der Waals surface area contributed by atoms with Gasteiger partial charge in [0.25, 0.3) is 0 Å². The Hall–Kier alpha value is -1.34. The molecule has 0 saturated heterocycles. The summed E-state index contributed by atoms with van der Waals surface area (Å²) in [6.07, 6.45) is 2.68. The molecule has 1 aromatic heterocycles. The van der Waals surface area contributed by atoms with Crippen molar-refractivity contribution in [1.29, 1.82) is 0 Å². The maximum atomic E-state index is 5.78. The quantitative estimate of drug-likeness (QED) is 0.299. The smallest absolute Gasteiger partial charge is 0.191 e. The fraction of sp³-hybridized carbons (Fsp3) is 0.333. The van der Waals surface area contributed by atoms with Crippen LogP contribution in [0.4, 0.5) is 0 Å². The predicted molar refractivity (Wildman–Crippen MR) is 113 cm³/mol. The highest BCUT2D eigenvalue weighted by molar-refractivity contribution is 14.0. The molecule has 0 aliphatic carbocycles. The predicted octanol–water partition coefficient (Wildman–Crippen LogP) is 3.86. The molecule has 2 rings (SSSR count). The number of halogens is 2. The number of guanidine groups is 1. The van der Waals surface area contributed by atoms with Gasteiger partial charge < -0.3 is 10.6 Å². The van der Waals surface area contributed by atoms with Crippen molar-refractivity contribution >= 4 is 41.5 Å². The van der Waals surface area contributed by atoms with E-state index in [1.54, 1.807) is 13.2 Å². The Morgan fingerprint density at radius 1 is 1.17 bits per heavy atom. The van der Waals surface area contributed by atoms with E-state index in [0.29, 0.717) is 11.1 Å². The van der Waals surface area contributed by atoms with Gasteiger partial charge in [0, 0.05) is 26.3 Å². The number of aromatic nitrogens is 1. The van der Waals surface area contributed by atoms with Gasteiger partial charge in [-0.05, 0) is 29.5 Å². The summed E-state index contributed by atoms with van der Waals surface area (Å²) in [6, 6.07) is 14.3. The van der Waals surface area contributed by atoms with E-state index in [1.165, 1.54) is 5.56 Å². The second-order valence-corrected chi connectivity index (χ2v) is 5.82.